The van der Waals surface area contributed by atoms with Gasteiger partial charge in [0.05, 0.1) is 18.5 Å². The Labute approximate surface area is 109 Å². The maximum Gasteiger partial charge on any atom is 0.191 e. The molecule has 0 radical (unpaired) electrons. The summed E-state index contributed by atoms with van der Waals surface area (Å²) >= 11 is 1.59. The predicted molar refractivity (Wildman–Crippen MR) is 71.6 cm³/mol. The number of thiazole rings is 1. The normalized spacial score (nSPS) is 15.0. The molecule has 6 heteroatoms. The average Bonchev–Trinajstić information content (AvgIpc) is 3.08. The van der Waals surface area contributed by atoms with E-state index in [-0.39, 0.29) is 0 Å². The highest BCUT2D eigenvalue weighted by atomic mass is 32.1. The lowest BCUT2D eigenvalue weighted by atomic mass is 10.4. The summed E-state index contributed by atoms with van der Waals surface area (Å²) in [7, 11) is 0. The van der Waals surface area contributed by atoms with Crippen LogP contribution in [0.15, 0.2) is 33.2 Å². The minimum atomic E-state index is 0.684. The molecule has 18 heavy (non-hydrogen) atoms. The zero-order valence-corrected chi connectivity index (χ0v) is 10.7. The van der Waals surface area contributed by atoms with Crippen LogP contribution < -0.4 is 10.6 Å². The lowest BCUT2D eigenvalue weighted by Crippen LogP contribution is -2.40. The Balaban J connectivity index is 1.62. The number of hydrogen-bond acceptors (Lipinski definition) is 6. The summed E-state index contributed by atoms with van der Waals surface area (Å²) in [5.74, 6) is 1.69. The van der Waals surface area contributed by atoms with Crippen molar-refractivity contribution in [2.45, 2.75) is 13.0 Å². The first-order valence-corrected chi connectivity index (χ1v) is 6.80. The molecule has 0 aliphatic carbocycles. The van der Waals surface area contributed by atoms with E-state index in [9.17, 15) is 0 Å². The Hall–Kier alpha value is -1.82. The second kappa shape index (κ2) is 5.22. The molecule has 0 fully saturated rings. The first-order chi connectivity index (χ1) is 8.92. The van der Waals surface area contributed by atoms with E-state index in [0.717, 1.165) is 41.9 Å². The fourth-order valence-electron chi connectivity index (χ4n) is 1.73. The van der Waals surface area contributed by atoms with Gasteiger partial charge in [-0.05, 0) is 18.6 Å². The van der Waals surface area contributed by atoms with Gasteiger partial charge < -0.3 is 15.1 Å². The smallest absolute Gasteiger partial charge is 0.191 e. The van der Waals surface area contributed by atoms with E-state index in [4.69, 9.17) is 4.42 Å². The van der Waals surface area contributed by atoms with Crippen molar-refractivity contribution < 1.29 is 4.42 Å². The van der Waals surface area contributed by atoms with Crippen LogP contribution in [0.3, 0.4) is 0 Å². The summed E-state index contributed by atoms with van der Waals surface area (Å²) < 4.78 is 5.32. The van der Waals surface area contributed by atoms with Gasteiger partial charge in [-0.1, -0.05) is 0 Å². The molecular weight excluding hydrogens is 248 g/mol. The summed E-state index contributed by atoms with van der Waals surface area (Å²) in [6, 6.07) is 3.79. The number of rotatable bonds is 3. The fraction of sp³-hybridized carbons (Fsp3) is 0.333. The molecule has 3 rings (SSSR count). The molecule has 0 spiro atoms. The Morgan fingerprint density at radius 2 is 2.50 bits per heavy atom. The lowest BCUT2D eigenvalue weighted by Gasteiger charge is -2.15. The Bertz CT molecular complexity index is 532. The number of hydrogen-bond donors (Lipinski definition) is 2. The third-order valence-corrected chi connectivity index (χ3v) is 3.52. The van der Waals surface area contributed by atoms with Crippen LogP contribution in [-0.4, -0.2) is 24.0 Å². The molecule has 0 saturated heterocycles. The van der Waals surface area contributed by atoms with Gasteiger partial charge in [0.25, 0.3) is 0 Å². The molecule has 2 N–H and O–H groups in total. The van der Waals surface area contributed by atoms with Crippen molar-refractivity contribution in [2.24, 2.45) is 4.99 Å². The fourth-order valence-corrected chi connectivity index (χ4v) is 2.51. The SMILES string of the molecule is c1coc(-c2nc(CNC3=NCCCN3)cs2)c1. The Morgan fingerprint density at radius 3 is 3.28 bits per heavy atom. The standard InChI is InChI=1S/C12H14N4OS/c1-3-10(17-6-1)11-16-9(8-18-11)7-15-12-13-4-2-5-14-12/h1,3,6,8H,2,4-5,7H2,(H2,13,14,15). The van der Waals surface area contributed by atoms with Gasteiger partial charge in [-0.2, -0.15) is 0 Å². The monoisotopic (exact) mass is 262 g/mol. The van der Waals surface area contributed by atoms with Crippen molar-refractivity contribution in [1.29, 1.82) is 0 Å². The second-order valence-corrected chi connectivity index (χ2v) is 4.84. The molecule has 2 aromatic heterocycles. The maximum absolute atomic E-state index is 5.32. The third-order valence-electron chi connectivity index (χ3n) is 2.62. The van der Waals surface area contributed by atoms with Gasteiger partial charge in [0.2, 0.25) is 0 Å². The van der Waals surface area contributed by atoms with Gasteiger partial charge >= 0.3 is 0 Å². The number of nitrogens with zero attached hydrogens (tertiary/aromatic N) is 2. The van der Waals surface area contributed by atoms with E-state index in [1.165, 1.54) is 0 Å². The van der Waals surface area contributed by atoms with Crippen LogP contribution in [0.4, 0.5) is 0 Å². The molecule has 0 aromatic carbocycles. The topological polar surface area (TPSA) is 62.5 Å². The van der Waals surface area contributed by atoms with Crippen molar-refractivity contribution in [3.05, 3.63) is 29.5 Å². The minimum Gasteiger partial charge on any atom is -0.462 e. The van der Waals surface area contributed by atoms with Crippen molar-refractivity contribution in [3.8, 4) is 10.8 Å². The molecule has 0 amide bonds. The van der Waals surface area contributed by atoms with Crippen LogP contribution >= 0.6 is 11.3 Å². The van der Waals surface area contributed by atoms with Crippen LogP contribution in [0, 0.1) is 0 Å². The Morgan fingerprint density at radius 1 is 1.50 bits per heavy atom. The highest BCUT2D eigenvalue weighted by molar-refractivity contribution is 7.13. The summed E-state index contributed by atoms with van der Waals surface area (Å²) in [5.41, 5.74) is 1.00. The number of guanidine groups is 1. The predicted octanol–water partition coefficient (Wildman–Crippen LogP) is 1.84. The molecule has 0 saturated carbocycles. The zero-order valence-electron chi connectivity index (χ0n) is 9.85. The number of furan rings is 1. The van der Waals surface area contributed by atoms with Crippen LogP contribution in [-0.2, 0) is 6.54 Å². The molecule has 94 valence electrons. The van der Waals surface area contributed by atoms with Crippen LogP contribution in [0.2, 0.25) is 0 Å². The summed E-state index contributed by atoms with van der Waals surface area (Å²) in [6.45, 7) is 2.56. The quantitative estimate of drug-likeness (QED) is 0.886. The van der Waals surface area contributed by atoms with Gasteiger partial charge in [0.1, 0.15) is 0 Å². The number of aromatic nitrogens is 1. The summed E-state index contributed by atoms with van der Waals surface area (Å²) in [6.07, 6.45) is 2.76. The molecular formula is C12H14N4OS. The van der Waals surface area contributed by atoms with Gasteiger partial charge in [0, 0.05) is 18.5 Å². The molecule has 2 aromatic rings. The largest absolute Gasteiger partial charge is 0.462 e. The summed E-state index contributed by atoms with van der Waals surface area (Å²) in [4.78, 5) is 8.87. The minimum absolute atomic E-state index is 0.684. The Kier molecular flexibility index (Phi) is 3.27. The van der Waals surface area contributed by atoms with Crippen molar-refractivity contribution in [1.82, 2.24) is 15.6 Å². The zero-order chi connectivity index (χ0) is 12.2. The molecule has 0 bridgehead atoms. The van der Waals surface area contributed by atoms with Crippen molar-refractivity contribution >= 4 is 17.3 Å². The van der Waals surface area contributed by atoms with E-state index < -0.39 is 0 Å². The molecule has 1 aliphatic rings. The second-order valence-electron chi connectivity index (χ2n) is 3.99. The molecule has 0 unspecified atom stereocenters. The van der Waals surface area contributed by atoms with E-state index in [0.29, 0.717) is 6.54 Å². The summed E-state index contributed by atoms with van der Waals surface area (Å²) in [5, 5.41) is 9.42. The first-order valence-electron chi connectivity index (χ1n) is 5.92. The highest BCUT2D eigenvalue weighted by Gasteiger charge is 2.08. The van der Waals surface area contributed by atoms with Gasteiger partial charge in [-0.3, -0.25) is 4.99 Å². The van der Waals surface area contributed by atoms with Crippen LogP contribution in [0.1, 0.15) is 12.1 Å². The lowest BCUT2D eigenvalue weighted by molar-refractivity contribution is 0.581. The van der Waals surface area contributed by atoms with Gasteiger partial charge in [-0.25, -0.2) is 4.98 Å². The molecule has 1 aliphatic heterocycles. The van der Waals surface area contributed by atoms with Gasteiger partial charge in [-0.15, -0.1) is 11.3 Å². The molecule has 3 heterocycles. The maximum atomic E-state index is 5.32. The van der Waals surface area contributed by atoms with E-state index >= 15 is 0 Å². The number of nitrogens with one attached hydrogen (secondary N) is 2. The van der Waals surface area contributed by atoms with Crippen LogP contribution in [0.25, 0.3) is 10.8 Å². The van der Waals surface area contributed by atoms with E-state index in [1.807, 2.05) is 17.5 Å². The van der Waals surface area contributed by atoms with Gasteiger partial charge in [0.15, 0.2) is 16.7 Å². The average molecular weight is 262 g/mol. The highest BCUT2D eigenvalue weighted by Crippen LogP contribution is 2.23. The van der Waals surface area contributed by atoms with Crippen molar-refractivity contribution in [2.75, 3.05) is 13.1 Å². The molecule has 0 atom stereocenters. The van der Waals surface area contributed by atoms with Crippen LogP contribution in [0.5, 0.6) is 0 Å². The van der Waals surface area contributed by atoms with E-state index in [2.05, 4.69) is 20.6 Å². The van der Waals surface area contributed by atoms with Crippen molar-refractivity contribution in [3.63, 3.8) is 0 Å². The number of aliphatic imine (C=N–C) groups is 1. The third kappa shape index (κ3) is 2.53. The first kappa shape index (κ1) is 11.3. The van der Waals surface area contributed by atoms with E-state index in [1.54, 1.807) is 17.6 Å². The molecule has 5 nitrogen and oxygen atoms in total.